The van der Waals surface area contributed by atoms with E-state index >= 15 is 0 Å². The molecule has 0 heterocycles. The summed E-state index contributed by atoms with van der Waals surface area (Å²) in [6.07, 6.45) is 0. The molecule has 0 fully saturated rings. The Labute approximate surface area is 145 Å². The van der Waals surface area contributed by atoms with Crippen LogP contribution in [0.25, 0.3) is 0 Å². The number of hydrogen-bond acceptors (Lipinski definition) is 2. The lowest BCUT2D eigenvalue weighted by molar-refractivity contribution is -0.0498. The van der Waals surface area contributed by atoms with Gasteiger partial charge in [-0.2, -0.15) is 8.78 Å². The lowest BCUT2D eigenvalue weighted by Gasteiger charge is -2.06. The smallest absolute Gasteiger partial charge is 0.387 e. The predicted molar refractivity (Wildman–Crippen MR) is 95.2 cm³/mol. The number of rotatable bonds is 4. The van der Waals surface area contributed by atoms with Gasteiger partial charge in [-0.25, -0.2) is 0 Å². The highest BCUT2D eigenvalue weighted by Crippen LogP contribution is 2.17. The van der Waals surface area contributed by atoms with Gasteiger partial charge >= 0.3 is 6.61 Å². The lowest BCUT2D eigenvalue weighted by atomic mass is 10.1. The number of anilines is 2. The molecule has 25 heavy (non-hydrogen) atoms. The molecule has 2 nitrogen and oxygen atoms in total. The second-order valence-electron chi connectivity index (χ2n) is 5.22. The zero-order chi connectivity index (χ0) is 17.5. The number of para-hydroxylation sites is 1. The Kier molecular flexibility index (Phi) is 5.28. The van der Waals surface area contributed by atoms with Gasteiger partial charge in [0.25, 0.3) is 0 Å². The highest BCUT2D eigenvalue weighted by atomic mass is 19.3. The Hall–Kier alpha value is -3.32. The second kappa shape index (κ2) is 7.98. The molecular weight excluding hydrogens is 320 g/mol. The van der Waals surface area contributed by atoms with Crippen LogP contribution in [0.5, 0.6) is 5.75 Å². The van der Waals surface area contributed by atoms with Crippen molar-refractivity contribution in [3.05, 3.63) is 90.0 Å². The van der Waals surface area contributed by atoms with Crippen molar-refractivity contribution in [3.8, 4) is 17.6 Å². The third-order valence-corrected chi connectivity index (χ3v) is 3.36. The minimum atomic E-state index is -2.82. The Morgan fingerprint density at radius 3 is 2.12 bits per heavy atom. The number of ether oxygens (including phenoxy) is 1. The lowest BCUT2D eigenvalue weighted by Crippen LogP contribution is -2.01. The predicted octanol–water partition coefficient (Wildman–Crippen LogP) is 5.43. The summed E-state index contributed by atoms with van der Waals surface area (Å²) >= 11 is 0. The van der Waals surface area contributed by atoms with E-state index in [-0.39, 0.29) is 5.75 Å². The zero-order valence-corrected chi connectivity index (χ0v) is 13.2. The summed E-state index contributed by atoms with van der Waals surface area (Å²) in [7, 11) is 0. The van der Waals surface area contributed by atoms with Crippen LogP contribution in [-0.4, -0.2) is 6.61 Å². The van der Waals surface area contributed by atoms with Gasteiger partial charge in [-0.05, 0) is 54.6 Å². The summed E-state index contributed by atoms with van der Waals surface area (Å²) in [5, 5.41) is 3.31. The Balaban J connectivity index is 1.71. The monoisotopic (exact) mass is 335 g/mol. The molecule has 1 N–H and O–H groups in total. The fraction of sp³-hybridized carbons (Fsp3) is 0.0476. The van der Waals surface area contributed by atoms with Crippen LogP contribution in [0.4, 0.5) is 20.2 Å². The van der Waals surface area contributed by atoms with E-state index in [1.165, 1.54) is 12.1 Å². The van der Waals surface area contributed by atoms with E-state index in [1.54, 1.807) is 12.1 Å². The van der Waals surface area contributed by atoms with E-state index in [1.807, 2.05) is 54.6 Å². The fourth-order valence-electron chi connectivity index (χ4n) is 2.23. The first-order valence-corrected chi connectivity index (χ1v) is 7.68. The zero-order valence-electron chi connectivity index (χ0n) is 13.2. The Morgan fingerprint density at radius 1 is 0.720 bits per heavy atom. The number of nitrogens with one attached hydrogen (secondary N) is 1. The van der Waals surface area contributed by atoms with Crippen molar-refractivity contribution in [3.63, 3.8) is 0 Å². The maximum Gasteiger partial charge on any atom is 0.387 e. The van der Waals surface area contributed by atoms with Crippen molar-refractivity contribution in [1.82, 2.24) is 0 Å². The molecule has 0 aromatic heterocycles. The molecule has 0 atom stereocenters. The molecule has 4 heteroatoms. The van der Waals surface area contributed by atoms with Crippen LogP contribution in [0.1, 0.15) is 11.1 Å². The molecule has 3 aromatic rings. The minimum Gasteiger partial charge on any atom is -0.435 e. The van der Waals surface area contributed by atoms with E-state index < -0.39 is 6.61 Å². The van der Waals surface area contributed by atoms with E-state index in [2.05, 4.69) is 21.9 Å². The van der Waals surface area contributed by atoms with Crippen LogP contribution in [-0.2, 0) is 0 Å². The maximum atomic E-state index is 12.1. The SMILES string of the molecule is FC(F)Oc1ccc(C#Cc2cccc(Nc3ccccc3)c2)cc1. The quantitative estimate of drug-likeness (QED) is 0.642. The molecule has 0 aliphatic rings. The summed E-state index contributed by atoms with van der Waals surface area (Å²) < 4.78 is 28.6. The second-order valence-corrected chi connectivity index (χ2v) is 5.22. The van der Waals surface area contributed by atoms with Crippen molar-refractivity contribution < 1.29 is 13.5 Å². The van der Waals surface area contributed by atoms with Gasteiger partial charge < -0.3 is 10.1 Å². The van der Waals surface area contributed by atoms with E-state index in [4.69, 9.17) is 0 Å². The summed E-state index contributed by atoms with van der Waals surface area (Å²) in [5.74, 6) is 6.20. The Morgan fingerprint density at radius 2 is 1.40 bits per heavy atom. The van der Waals surface area contributed by atoms with E-state index in [0.29, 0.717) is 0 Å². The molecule has 0 bridgehead atoms. The van der Waals surface area contributed by atoms with Gasteiger partial charge in [-0.15, -0.1) is 0 Å². The average molecular weight is 335 g/mol. The third kappa shape index (κ3) is 5.08. The number of alkyl halides is 2. The minimum absolute atomic E-state index is 0.120. The fourth-order valence-corrected chi connectivity index (χ4v) is 2.23. The van der Waals surface area contributed by atoms with Gasteiger partial charge in [0, 0.05) is 22.5 Å². The standard InChI is InChI=1S/C21H15F2NO/c22-21(23)25-20-13-11-16(12-14-20)9-10-17-5-4-8-19(15-17)24-18-6-2-1-3-7-18/h1-8,11-15,21,24H. The third-order valence-electron chi connectivity index (χ3n) is 3.36. The van der Waals surface area contributed by atoms with E-state index in [9.17, 15) is 8.78 Å². The average Bonchev–Trinajstić information content (AvgIpc) is 2.62. The van der Waals surface area contributed by atoms with Gasteiger partial charge in [0.05, 0.1) is 0 Å². The maximum absolute atomic E-state index is 12.1. The van der Waals surface area contributed by atoms with Crippen LogP contribution in [0.2, 0.25) is 0 Å². The molecule has 0 radical (unpaired) electrons. The van der Waals surface area contributed by atoms with Crippen molar-refractivity contribution >= 4 is 11.4 Å². The highest BCUT2D eigenvalue weighted by Gasteiger charge is 2.02. The summed E-state index contributed by atoms with van der Waals surface area (Å²) in [6.45, 7) is -2.82. The largest absolute Gasteiger partial charge is 0.435 e. The molecule has 0 aliphatic heterocycles. The molecular formula is C21H15F2NO. The van der Waals surface area contributed by atoms with Gasteiger partial charge in [0.2, 0.25) is 0 Å². The molecule has 0 spiro atoms. The number of benzene rings is 3. The summed E-state index contributed by atoms with van der Waals surface area (Å²) in [5.41, 5.74) is 3.53. The topological polar surface area (TPSA) is 21.3 Å². The summed E-state index contributed by atoms with van der Waals surface area (Å²) in [4.78, 5) is 0. The molecule has 0 saturated carbocycles. The molecule has 0 unspecified atom stereocenters. The molecule has 3 rings (SSSR count). The van der Waals surface area contributed by atoms with Crippen LogP contribution in [0, 0.1) is 11.8 Å². The molecule has 0 aliphatic carbocycles. The van der Waals surface area contributed by atoms with Crippen LogP contribution in [0.3, 0.4) is 0 Å². The number of halogens is 2. The van der Waals surface area contributed by atoms with Crippen LogP contribution in [0.15, 0.2) is 78.9 Å². The van der Waals surface area contributed by atoms with Crippen LogP contribution < -0.4 is 10.1 Å². The molecule has 0 amide bonds. The van der Waals surface area contributed by atoms with Crippen molar-refractivity contribution in [2.24, 2.45) is 0 Å². The van der Waals surface area contributed by atoms with E-state index in [0.717, 1.165) is 22.5 Å². The highest BCUT2D eigenvalue weighted by molar-refractivity contribution is 5.61. The van der Waals surface area contributed by atoms with Crippen molar-refractivity contribution in [2.45, 2.75) is 6.61 Å². The first kappa shape index (κ1) is 16.5. The molecule has 0 saturated heterocycles. The van der Waals surface area contributed by atoms with Gasteiger partial charge in [0.15, 0.2) is 0 Å². The molecule has 3 aromatic carbocycles. The number of hydrogen-bond donors (Lipinski definition) is 1. The van der Waals surface area contributed by atoms with Gasteiger partial charge in [0.1, 0.15) is 5.75 Å². The van der Waals surface area contributed by atoms with Gasteiger partial charge in [-0.1, -0.05) is 36.1 Å². The molecule has 124 valence electrons. The first-order chi connectivity index (χ1) is 12.2. The van der Waals surface area contributed by atoms with Gasteiger partial charge in [-0.3, -0.25) is 0 Å². The summed E-state index contributed by atoms with van der Waals surface area (Å²) in [6, 6.07) is 23.9. The first-order valence-electron chi connectivity index (χ1n) is 7.68. The van der Waals surface area contributed by atoms with Crippen molar-refractivity contribution in [1.29, 1.82) is 0 Å². The normalized spacial score (nSPS) is 10.0. The van der Waals surface area contributed by atoms with Crippen LogP contribution >= 0.6 is 0 Å². The van der Waals surface area contributed by atoms with Crippen molar-refractivity contribution in [2.75, 3.05) is 5.32 Å². The Bertz CT molecular complexity index is 881.